The van der Waals surface area contributed by atoms with Gasteiger partial charge in [-0.1, -0.05) is 24.3 Å². The first kappa shape index (κ1) is 17.0. The second-order valence-electron chi connectivity index (χ2n) is 5.69. The summed E-state index contributed by atoms with van der Waals surface area (Å²) in [6.07, 6.45) is 2.91. The van der Waals surface area contributed by atoms with Crippen LogP contribution in [0.3, 0.4) is 0 Å². The first-order valence-electron chi connectivity index (χ1n) is 8.27. The highest BCUT2D eigenvalue weighted by Crippen LogP contribution is 2.31. The van der Waals surface area contributed by atoms with Gasteiger partial charge < -0.3 is 14.4 Å². The number of halogens is 1. The molecule has 0 aromatic heterocycles. The third kappa shape index (κ3) is 4.18. The van der Waals surface area contributed by atoms with Crippen LogP contribution in [0.2, 0.25) is 0 Å². The van der Waals surface area contributed by atoms with Gasteiger partial charge in [0, 0.05) is 24.7 Å². The third-order valence-corrected chi connectivity index (χ3v) is 3.98. The van der Waals surface area contributed by atoms with Gasteiger partial charge in [0.05, 0.1) is 0 Å². The van der Waals surface area contributed by atoms with Gasteiger partial charge >= 0.3 is 0 Å². The molecule has 2 aromatic carbocycles. The number of nitrogens with zero attached hydrogens (tertiary/aromatic N) is 1. The zero-order valence-corrected chi connectivity index (χ0v) is 14.1. The predicted octanol–water partition coefficient (Wildman–Crippen LogP) is 3.66. The normalized spacial score (nSPS) is 13.0. The summed E-state index contributed by atoms with van der Waals surface area (Å²) in [5, 5.41) is 0. The molecule has 0 saturated heterocycles. The van der Waals surface area contributed by atoms with Crippen LogP contribution in [0.1, 0.15) is 18.1 Å². The summed E-state index contributed by atoms with van der Waals surface area (Å²) in [6.45, 7) is 3.99. The molecule has 1 amide bonds. The molecule has 1 heterocycles. The van der Waals surface area contributed by atoms with Crippen molar-refractivity contribution >= 4 is 12.0 Å². The number of likely N-dealkylation sites (N-methyl/N-ethyl adjacent to an activating group) is 1. The van der Waals surface area contributed by atoms with Crippen molar-refractivity contribution in [2.75, 3.05) is 19.8 Å². The van der Waals surface area contributed by atoms with Gasteiger partial charge in [-0.25, -0.2) is 4.39 Å². The smallest absolute Gasteiger partial charge is 0.246 e. The number of hydrogen-bond acceptors (Lipinski definition) is 3. The highest BCUT2D eigenvalue weighted by molar-refractivity contribution is 5.91. The molecule has 1 aliphatic rings. The number of amides is 1. The number of carbonyl (C=O) groups excluding carboxylic acids is 1. The van der Waals surface area contributed by atoms with Crippen molar-refractivity contribution in [1.82, 2.24) is 4.90 Å². The highest BCUT2D eigenvalue weighted by atomic mass is 19.1. The molecule has 4 nitrogen and oxygen atoms in total. The fourth-order valence-corrected chi connectivity index (χ4v) is 2.63. The van der Waals surface area contributed by atoms with E-state index in [9.17, 15) is 9.18 Å². The number of carbonyl (C=O) groups is 1. The lowest BCUT2D eigenvalue weighted by molar-refractivity contribution is -0.126. The van der Waals surface area contributed by atoms with Crippen molar-refractivity contribution in [1.29, 1.82) is 0 Å². The van der Waals surface area contributed by atoms with Gasteiger partial charge in [0.1, 0.15) is 19.0 Å². The minimum Gasteiger partial charge on any atom is -0.486 e. The molecule has 0 saturated carbocycles. The van der Waals surface area contributed by atoms with Crippen LogP contribution < -0.4 is 9.47 Å². The number of ether oxygens (including phenoxy) is 2. The number of rotatable bonds is 5. The minimum atomic E-state index is -0.346. The molecule has 0 N–H and O–H groups in total. The van der Waals surface area contributed by atoms with E-state index in [-0.39, 0.29) is 11.7 Å². The fourth-order valence-electron chi connectivity index (χ4n) is 2.63. The van der Waals surface area contributed by atoms with E-state index in [0.717, 1.165) is 11.3 Å². The van der Waals surface area contributed by atoms with Crippen molar-refractivity contribution in [2.24, 2.45) is 0 Å². The van der Waals surface area contributed by atoms with Gasteiger partial charge in [-0.15, -0.1) is 0 Å². The molecule has 0 spiro atoms. The summed E-state index contributed by atoms with van der Waals surface area (Å²) in [5.74, 6) is 0.917. The van der Waals surface area contributed by atoms with Crippen LogP contribution in [0.4, 0.5) is 4.39 Å². The van der Waals surface area contributed by atoms with E-state index >= 15 is 0 Å². The Morgan fingerprint density at radius 3 is 2.68 bits per heavy atom. The molecular formula is C20H20FNO3. The molecule has 3 rings (SSSR count). The van der Waals surface area contributed by atoms with Crippen molar-refractivity contribution < 1.29 is 18.7 Å². The Labute approximate surface area is 146 Å². The summed E-state index contributed by atoms with van der Waals surface area (Å²) >= 11 is 0. The van der Waals surface area contributed by atoms with Crippen LogP contribution >= 0.6 is 0 Å². The topological polar surface area (TPSA) is 38.8 Å². The predicted molar refractivity (Wildman–Crippen MR) is 94.0 cm³/mol. The van der Waals surface area contributed by atoms with Crippen LogP contribution in [-0.4, -0.2) is 30.6 Å². The van der Waals surface area contributed by atoms with Crippen molar-refractivity contribution in [3.05, 3.63) is 65.5 Å². The molecule has 0 atom stereocenters. The molecule has 0 fully saturated rings. The summed E-state index contributed by atoms with van der Waals surface area (Å²) in [6, 6.07) is 12.0. The van der Waals surface area contributed by atoms with E-state index in [1.807, 2.05) is 25.1 Å². The molecule has 130 valence electrons. The van der Waals surface area contributed by atoms with E-state index in [1.54, 1.807) is 23.1 Å². The Morgan fingerprint density at radius 1 is 1.16 bits per heavy atom. The molecule has 2 aromatic rings. The van der Waals surface area contributed by atoms with E-state index < -0.39 is 0 Å². The van der Waals surface area contributed by atoms with Gasteiger partial charge in [0.25, 0.3) is 0 Å². The second-order valence-corrected chi connectivity index (χ2v) is 5.69. The Kier molecular flexibility index (Phi) is 5.33. The maximum Gasteiger partial charge on any atom is 0.246 e. The SMILES string of the molecule is CCN(Cc1ccc2c(c1)OCCO2)C(=O)/C=C/c1ccccc1F. The van der Waals surface area contributed by atoms with Crippen LogP contribution in [0.25, 0.3) is 6.08 Å². The quantitative estimate of drug-likeness (QED) is 0.779. The first-order chi connectivity index (χ1) is 12.2. The van der Waals surface area contributed by atoms with Crippen LogP contribution in [0.15, 0.2) is 48.5 Å². The summed E-state index contributed by atoms with van der Waals surface area (Å²) in [5.41, 5.74) is 1.35. The molecule has 0 unspecified atom stereocenters. The average Bonchev–Trinajstić information content (AvgIpc) is 2.65. The monoisotopic (exact) mass is 341 g/mol. The molecule has 5 heteroatoms. The van der Waals surface area contributed by atoms with E-state index in [0.29, 0.717) is 37.6 Å². The molecule has 1 aliphatic heterocycles. The summed E-state index contributed by atoms with van der Waals surface area (Å²) < 4.78 is 24.7. The van der Waals surface area contributed by atoms with Gasteiger partial charge in [-0.2, -0.15) is 0 Å². The fraction of sp³-hybridized carbons (Fsp3) is 0.250. The Balaban J connectivity index is 1.69. The largest absolute Gasteiger partial charge is 0.486 e. The Hall–Kier alpha value is -2.82. The van der Waals surface area contributed by atoms with Crippen molar-refractivity contribution in [3.8, 4) is 11.5 Å². The molecule has 0 bridgehead atoms. The molecule has 0 radical (unpaired) electrons. The van der Waals surface area contributed by atoms with Crippen LogP contribution in [0, 0.1) is 5.82 Å². The lowest BCUT2D eigenvalue weighted by Gasteiger charge is -2.22. The third-order valence-electron chi connectivity index (χ3n) is 3.98. The zero-order chi connectivity index (χ0) is 17.6. The van der Waals surface area contributed by atoms with Gasteiger partial charge in [0.2, 0.25) is 5.91 Å². The Morgan fingerprint density at radius 2 is 1.92 bits per heavy atom. The van der Waals surface area contributed by atoms with Crippen LogP contribution in [0.5, 0.6) is 11.5 Å². The van der Waals surface area contributed by atoms with Gasteiger partial charge in [0.15, 0.2) is 11.5 Å². The molecular weight excluding hydrogens is 321 g/mol. The lowest BCUT2D eigenvalue weighted by atomic mass is 10.1. The first-order valence-corrected chi connectivity index (χ1v) is 8.27. The lowest BCUT2D eigenvalue weighted by Crippen LogP contribution is -2.28. The Bertz CT molecular complexity index is 788. The second kappa shape index (κ2) is 7.83. The van der Waals surface area contributed by atoms with E-state index in [2.05, 4.69) is 0 Å². The van der Waals surface area contributed by atoms with E-state index in [4.69, 9.17) is 9.47 Å². The average molecular weight is 341 g/mol. The van der Waals surface area contributed by atoms with E-state index in [1.165, 1.54) is 18.2 Å². The van der Waals surface area contributed by atoms with Crippen molar-refractivity contribution in [2.45, 2.75) is 13.5 Å². The maximum atomic E-state index is 13.6. The number of fused-ring (bicyclic) bond motifs is 1. The maximum absolute atomic E-state index is 13.6. The number of hydrogen-bond donors (Lipinski definition) is 0. The zero-order valence-electron chi connectivity index (χ0n) is 14.1. The molecule has 25 heavy (non-hydrogen) atoms. The van der Waals surface area contributed by atoms with Crippen molar-refractivity contribution in [3.63, 3.8) is 0 Å². The standard InChI is InChI=1S/C20H20FNO3/c1-2-22(20(23)10-8-16-5-3-4-6-17(16)21)14-15-7-9-18-19(13-15)25-12-11-24-18/h3-10,13H,2,11-12,14H2,1H3/b10-8+. The van der Waals surface area contributed by atoms with Crippen LogP contribution in [-0.2, 0) is 11.3 Å². The summed E-state index contributed by atoms with van der Waals surface area (Å²) in [7, 11) is 0. The highest BCUT2D eigenvalue weighted by Gasteiger charge is 2.14. The summed E-state index contributed by atoms with van der Waals surface area (Å²) in [4.78, 5) is 14.1. The minimum absolute atomic E-state index is 0.166. The van der Waals surface area contributed by atoms with Gasteiger partial charge in [-0.3, -0.25) is 4.79 Å². The van der Waals surface area contributed by atoms with Gasteiger partial charge in [-0.05, 0) is 36.8 Å². The molecule has 0 aliphatic carbocycles. The number of benzene rings is 2.